The third kappa shape index (κ3) is 4.27. The van der Waals surface area contributed by atoms with E-state index in [1.807, 2.05) is 49.1 Å². The summed E-state index contributed by atoms with van der Waals surface area (Å²) in [5, 5.41) is 6.18. The zero-order valence-corrected chi connectivity index (χ0v) is 17.2. The number of aromatic nitrogens is 1. The minimum absolute atomic E-state index is 0.162. The van der Waals surface area contributed by atoms with Crippen LogP contribution in [0.2, 0.25) is 0 Å². The first-order valence-electron chi connectivity index (χ1n) is 10.0. The van der Waals surface area contributed by atoms with E-state index >= 15 is 0 Å². The highest BCUT2D eigenvalue weighted by atomic mass is 16.5. The molecule has 29 heavy (non-hydrogen) atoms. The highest BCUT2D eigenvalue weighted by Crippen LogP contribution is 2.26. The average Bonchev–Trinajstić information content (AvgIpc) is 3.17. The van der Waals surface area contributed by atoms with E-state index in [-0.39, 0.29) is 11.8 Å². The van der Waals surface area contributed by atoms with Crippen LogP contribution in [0, 0.1) is 6.92 Å². The zero-order valence-electron chi connectivity index (χ0n) is 17.2. The third-order valence-electron chi connectivity index (χ3n) is 5.68. The topological polar surface area (TPSA) is 58.8 Å². The van der Waals surface area contributed by atoms with E-state index in [4.69, 9.17) is 9.26 Å². The Kier molecular flexibility index (Phi) is 5.53. The lowest BCUT2D eigenvalue weighted by Crippen LogP contribution is -2.49. The van der Waals surface area contributed by atoms with Crippen molar-refractivity contribution in [3.63, 3.8) is 0 Å². The van der Waals surface area contributed by atoms with Gasteiger partial charge in [-0.2, -0.15) is 0 Å². The first kappa shape index (κ1) is 19.5. The molecule has 3 aromatic rings. The second-order valence-electron chi connectivity index (χ2n) is 7.73. The lowest BCUT2D eigenvalue weighted by Gasteiger charge is -2.35. The van der Waals surface area contributed by atoms with Crippen LogP contribution in [-0.4, -0.2) is 54.2 Å². The Morgan fingerprint density at radius 3 is 2.52 bits per heavy atom. The van der Waals surface area contributed by atoms with Crippen molar-refractivity contribution in [2.24, 2.45) is 0 Å². The molecule has 2 aromatic carbocycles. The van der Waals surface area contributed by atoms with Crippen molar-refractivity contribution in [3.8, 4) is 5.75 Å². The summed E-state index contributed by atoms with van der Waals surface area (Å²) in [7, 11) is 1.67. The van der Waals surface area contributed by atoms with Gasteiger partial charge >= 0.3 is 0 Å². The number of hydrogen-bond acceptors (Lipinski definition) is 5. The molecular weight excluding hydrogens is 366 g/mol. The molecule has 1 aromatic heterocycles. The van der Waals surface area contributed by atoms with Crippen LogP contribution in [0.1, 0.15) is 29.9 Å². The second-order valence-corrected chi connectivity index (χ2v) is 7.73. The van der Waals surface area contributed by atoms with Gasteiger partial charge in [-0.15, -0.1) is 0 Å². The summed E-state index contributed by atoms with van der Waals surface area (Å²) >= 11 is 0. The predicted molar refractivity (Wildman–Crippen MR) is 112 cm³/mol. The number of fused-ring (bicyclic) bond motifs is 1. The van der Waals surface area contributed by atoms with Crippen molar-refractivity contribution in [2.75, 3.05) is 33.3 Å². The van der Waals surface area contributed by atoms with Gasteiger partial charge in [0.1, 0.15) is 5.75 Å². The molecule has 0 saturated carbocycles. The smallest absolute Gasteiger partial charge is 0.229 e. The Balaban J connectivity index is 1.38. The Morgan fingerprint density at radius 1 is 1.10 bits per heavy atom. The van der Waals surface area contributed by atoms with Crippen LogP contribution in [0.3, 0.4) is 0 Å². The second kappa shape index (κ2) is 8.25. The number of carbonyl (C=O) groups excluding carboxylic acids is 1. The molecule has 1 aliphatic rings. The van der Waals surface area contributed by atoms with Crippen LogP contribution >= 0.6 is 0 Å². The molecule has 1 saturated heterocycles. The maximum atomic E-state index is 13.1. The number of benzene rings is 2. The Bertz CT molecular complexity index is 1010. The first-order chi connectivity index (χ1) is 14.0. The largest absolute Gasteiger partial charge is 0.497 e. The highest BCUT2D eigenvalue weighted by molar-refractivity contribution is 5.88. The van der Waals surface area contributed by atoms with E-state index in [9.17, 15) is 4.79 Å². The number of aryl methyl sites for hydroxylation is 1. The maximum absolute atomic E-state index is 13.1. The van der Waals surface area contributed by atoms with Crippen LogP contribution in [-0.2, 0) is 11.3 Å². The summed E-state index contributed by atoms with van der Waals surface area (Å²) in [6, 6.07) is 14.2. The van der Waals surface area contributed by atoms with Crippen molar-refractivity contribution >= 4 is 16.7 Å². The molecule has 6 heteroatoms. The van der Waals surface area contributed by atoms with Gasteiger partial charge in [-0.05, 0) is 42.3 Å². The zero-order chi connectivity index (χ0) is 20.4. The predicted octanol–water partition coefficient (Wildman–Crippen LogP) is 3.59. The number of amides is 1. The molecule has 0 radical (unpaired) electrons. The number of hydrogen-bond donors (Lipinski definition) is 0. The third-order valence-corrected chi connectivity index (χ3v) is 5.68. The molecule has 1 amide bonds. The Morgan fingerprint density at radius 2 is 1.83 bits per heavy atom. The van der Waals surface area contributed by atoms with Crippen molar-refractivity contribution in [3.05, 3.63) is 59.5 Å². The highest BCUT2D eigenvalue weighted by Gasteiger charge is 2.26. The molecule has 1 fully saturated rings. The van der Waals surface area contributed by atoms with Gasteiger partial charge in [-0.3, -0.25) is 9.69 Å². The molecule has 0 unspecified atom stereocenters. The van der Waals surface area contributed by atoms with Crippen LogP contribution in [0.25, 0.3) is 10.8 Å². The number of carbonyl (C=O) groups is 1. The molecule has 0 spiro atoms. The van der Waals surface area contributed by atoms with E-state index < -0.39 is 0 Å². The lowest BCUT2D eigenvalue weighted by atomic mass is 9.96. The average molecular weight is 393 g/mol. The van der Waals surface area contributed by atoms with Crippen molar-refractivity contribution in [1.82, 2.24) is 15.0 Å². The van der Waals surface area contributed by atoms with Gasteiger partial charge in [-0.25, -0.2) is 0 Å². The summed E-state index contributed by atoms with van der Waals surface area (Å²) in [6.45, 7) is 7.82. The molecular formula is C23H27N3O3. The molecule has 0 bridgehead atoms. The van der Waals surface area contributed by atoms with E-state index in [2.05, 4.69) is 22.2 Å². The molecule has 2 heterocycles. The molecule has 0 aliphatic carbocycles. The van der Waals surface area contributed by atoms with E-state index in [0.29, 0.717) is 0 Å². The van der Waals surface area contributed by atoms with E-state index in [1.54, 1.807) is 7.11 Å². The fraction of sp³-hybridized carbons (Fsp3) is 0.391. The summed E-state index contributed by atoms with van der Waals surface area (Å²) in [4.78, 5) is 17.3. The van der Waals surface area contributed by atoms with Crippen molar-refractivity contribution in [2.45, 2.75) is 26.3 Å². The number of methoxy groups -OCH3 is 1. The van der Waals surface area contributed by atoms with Gasteiger partial charge in [0.05, 0.1) is 25.3 Å². The van der Waals surface area contributed by atoms with Crippen LogP contribution in [0.15, 0.2) is 47.0 Å². The SMILES string of the molecule is COc1ccc2cc([C@H](C)C(=O)N3CCN(Cc4cc(C)no4)CC3)ccc2c1. The van der Waals surface area contributed by atoms with Gasteiger partial charge in [0, 0.05) is 32.2 Å². The number of nitrogens with zero attached hydrogens (tertiary/aromatic N) is 3. The first-order valence-corrected chi connectivity index (χ1v) is 10.0. The summed E-state index contributed by atoms with van der Waals surface area (Å²) in [5.41, 5.74) is 1.95. The number of piperazine rings is 1. The monoisotopic (exact) mass is 393 g/mol. The number of rotatable bonds is 5. The fourth-order valence-electron chi connectivity index (χ4n) is 3.89. The van der Waals surface area contributed by atoms with E-state index in [1.165, 1.54) is 0 Å². The lowest BCUT2D eigenvalue weighted by molar-refractivity contribution is -0.134. The Labute approximate surface area is 171 Å². The quantitative estimate of drug-likeness (QED) is 0.663. The van der Waals surface area contributed by atoms with Gasteiger partial charge in [0.15, 0.2) is 5.76 Å². The molecule has 1 aliphatic heterocycles. The van der Waals surface area contributed by atoms with Gasteiger partial charge < -0.3 is 14.2 Å². The van der Waals surface area contributed by atoms with Crippen molar-refractivity contribution < 1.29 is 14.1 Å². The standard InChI is InChI=1S/C23H27N3O3/c1-16-12-22(29-24-16)15-25-8-10-26(11-9-25)23(27)17(2)18-4-5-20-14-21(28-3)7-6-19(20)13-18/h4-7,12-14,17H,8-11,15H2,1-3H3/t17-/m0/s1. The normalized spacial score (nSPS) is 16.2. The van der Waals surface area contributed by atoms with Crippen molar-refractivity contribution in [1.29, 1.82) is 0 Å². The Hall–Kier alpha value is -2.86. The van der Waals surface area contributed by atoms with Gasteiger partial charge in [-0.1, -0.05) is 29.4 Å². The molecule has 0 N–H and O–H groups in total. The maximum Gasteiger partial charge on any atom is 0.229 e. The minimum Gasteiger partial charge on any atom is -0.497 e. The fourth-order valence-corrected chi connectivity index (χ4v) is 3.89. The van der Waals surface area contributed by atoms with Crippen LogP contribution in [0.4, 0.5) is 0 Å². The van der Waals surface area contributed by atoms with Crippen LogP contribution in [0.5, 0.6) is 5.75 Å². The van der Waals surface area contributed by atoms with Gasteiger partial charge in [0.25, 0.3) is 0 Å². The molecule has 1 atom stereocenters. The summed E-state index contributed by atoms with van der Waals surface area (Å²) in [6.07, 6.45) is 0. The summed E-state index contributed by atoms with van der Waals surface area (Å²) in [5.74, 6) is 1.74. The van der Waals surface area contributed by atoms with Crippen LogP contribution < -0.4 is 4.74 Å². The number of ether oxygens (including phenoxy) is 1. The molecule has 152 valence electrons. The van der Waals surface area contributed by atoms with Gasteiger partial charge in [0.2, 0.25) is 5.91 Å². The molecule has 4 rings (SSSR count). The summed E-state index contributed by atoms with van der Waals surface area (Å²) < 4.78 is 10.6. The minimum atomic E-state index is -0.162. The molecule has 6 nitrogen and oxygen atoms in total. The van der Waals surface area contributed by atoms with E-state index in [0.717, 1.165) is 66.3 Å².